The zero-order chi connectivity index (χ0) is 45.7. The van der Waals surface area contributed by atoms with Crippen molar-refractivity contribution >= 4 is 42.5 Å². The van der Waals surface area contributed by atoms with Crippen LogP contribution in [-0.2, 0) is 45.6 Å². The van der Waals surface area contributed by atoms with Gasteiger partial charge in [0, 0.05) is 23.7 Å². The van der Waals surface area contributed by atoms with E-state index in [0.29, 0.717) is 30.6 Å². The Hall–Kier alpha value is -5.90. The number of piperidine rings is 1. The Kier molecular flexibility index (Phi) is 14.1. The molecule has 2 aliphatic heterocycles. The molecule has 342 valence electrons. The van der Waals surface area contributed by atoms with E-state index in [0.717, 1.165) is 70.3 Å². The van der Waals surface area contributed by atoms with Crippen molar-refractivity contribution in [3.05, 3.63) is 125 Å². The van der Waals surface area contributed by atoms with Gasteiger partial charge in [-0.1, -0.05) is 80.6 Å². The largest absolute Gasteiger partial charge is 0.478 e. The number of pyridine rings is 1. The Balaban J connectivity index is 1.01. The number of fused-ring (bicyclic) bond motifs is 2. The quantitative estimate of drug-likeness (QED) is 0.0721. The number of rotatable bonds is 16. The van der Waals surface area contributed by atoms with Gasteiger partial charge in [-0.3, -0.25) is 18.7 Å². The summed E-state index contributed by atoms with van der Waals surface area (Å²) in [6.07, 6.45) is 5.12. The maximum atomic E-state index is 14.7. The molecule has 65 heavy (non-hydrogen) atoms. The lowest BCUT2D eigenvalue weighted by Gasteiger charge is -2.31. The molecule has 0 saturated carbocycles. The number of primary amides is 1. The first kappa shape index (κ1) is 45.7. The second kappa shape index (κ2) is 20.1. The minimum atomic E-state index is -4.20. The summed E-state index contributed by atoms with van der Waals surface area (Å²) < 4.78 is 45.7. The van der Waals surface area contributed by atoms with Crippen LogP contribution in [0.1, 0.15) is 84.7 Å². The van der Waals surface area contributed by atoms with E-state index in [2.05, 4.69) is 41.0 Å². The molecule has 8 rings (SSSR count). The van der Waals surface area contributed by atoms with Gasteiger partial charge in [-0.05, 0) is 110 Å². The molecule has 17 heteroatoms. The van der Waals surface area contributed by atoms with Crippen molar-refractivity contribution in [3.8, 4) is 11.3 Å². The predicted octanol–water partition coefficient (Wildman–Crippen LogP) is 8.86. The fraction of sp³-hybridized carbons (Fsp3) is 0.396. The third-order valence-corrected chi connectivity index (χ3v) is 13.8. The number of carbonyl (C=O) groups is 3. The zero-order valence-electron chi connectivity index (χ0n) is 37.3. The van der Waals surface area contributed by atoms with Crippen LogP contribution in [-0.4, -0.2) is 92.7 Å². The maximum absolute atomic E-state index is 14.7. The number of amides is 2. The highest BCUT2D eigenvalue weighted by molar-refractivity contribution is 7.48. The summed E-state index contributed by atoms with van der Waals surface area (Å²) in [5.74, 6) is -0.0520. The smallest absolute Gasteiger partial charge is 0.447 e. The Morgan fingerprint density at radius 2 is 1.51 bits per heavy atom. The van der Waals surface area contributed by atoms with Crippen molar-refractivity contribution < 1.29 is 42.0 Å². The molecule has 0 bridgehead atoms. The number of likely N-dealkylation sites (tertiary alicyclic amines) is 2. The third-order valence-electron chi connectivity index (χ3n) is 12.5. The van der Waals surface area contributed by atoms with E-state index in [1.54, 1.807) is 9.08 Å². The molecule has 0 radical (unpaired) electrons. The van der Waals surface area contributed by atoms with E-state index < -0.39 is 32.8 Å². The van der Waals surface area contributed by atoms with Gasteiger partial charge in [-0.2, -0.15) is 5.10 Å². The lowest BCUT2D eigenvalue weighted by atomic mass is 9.87. The van der Waals surface area contributed by atoms with Crippen LogP contribution in [0.4, 0.5) is 9.59 Å². The van der Waals surface area contributed by atoms with Crippen LogP contribution in [0.3, 0.4) is 0 Å². The molecule has 5 heterocycles. The van der Waals surface area contributed by atoms with Crippen molar-refractivity contribution in [2.24, 2.45) is 5.73 Å². The van der Waals surface area contributed by atoms with Crippen molar-refractivity contribution in [3.63, 3.8) is 0 Å². The number of ether oxygens (including phenoxy) is 2. The summed E-state index contributed by atoms with van der Waals surface area (Å²) >= 11 is 0. The molecule has 2 fully saturated rings. The fourth-order valence-corrected chi connectivity index (χ4v) is 10.0. The number of nitrogens with zero attached hydrogens (tertiary/aromatic N) is 6. The summed E-state index contributed by atoms with van der Waals surface area (Å²) in [5.41, 5.74) is 14.0. The molecule has 2 saturated heterocycles. The number of benzene rings is 3. The lowest BCUT2D eigenvalue weighted by Crippen LogP contribution is -2.39. The molecule has 1 unspecified atom stereocenters. The van der Waals surface area contributed by atoms with Gasteiger partial charge in [0.15, 0.2) is 5.65 Å². The summed E-state index contributed by atoms with van der Waals surface area (Å²) in [5, 5.41) is 5.41. The van der Waals surface area contributed by atoms with Crippen LogP contribution in [0.25, 0.3) is 27.8 Å². The first-order valence-electron chi connectivity index (χ1n) is 22.1. The number of carbonyl (C=O) groups excluding carboxylic acids is 3. The van der Waals surface area contributed by atoms with Crippen LogP contribution < -0.4 is 5.73 Å². The molecule has 3 aromatic heterocycles. The highest BCUT2D eigenvalue weighted by Gasteiger charge is 2.35. The summed E-state index contributed by atoms with van der Waals surface area (Å²) in [7, 11) is -4.20. The van der Waals surface area contributed by atoms with Gasteiger partial charge in [0.25, 0.3) is 0 Å². The van der Waals surface area contributed by atoms with Crippen LogP contribution in [0, 0.1) is 13.8 Å². The predicted molar refractivity (Wildman–Crippen MR) is 244 cm³/mol. The van der Waals surface area contributed by atoms with Crippen LogP contribution in [0.15, 0.2) is 91.4 Å². The molecule has 3 aromatic carbocycles. The zero-order valence-corrected chi connectivity index (χ0v) is 38.2. The molecule has 6 aromatic rings. The Morgan fingerprint density at radius 1 is 0.831 bits per heavy atom. The Labute approximate surface area is 378 Å². The van der Waals surface area contributed by atoms with E-state index in [4.69, 9.17) is 28.8 Å². The average Bonchev–Trinajstić information content (AvgIpc) is 4.07. The van der Waals surface area contributed by atoms with Gasteiger partial charge >= 0.3 is 20.0 Å². The number of phosphoric acid groups is 1. The van der Waals surface area contributed by atoms with Gasteiger partial charge < -0.3 is 20.1 Å². The van der Waals surface area contributed by atoms with E-state index in [1.165, 1.54) is 16.8 Å². The molecule has 1 atom stereocenters. The molecule has 16 nitrogen and oxygen atoms in total. The number of hydrogen-bond donors (Lipinski definition) is 1. The monoisotopic (exact) mass is 905 g/mol. The molecule has 2 aliphatic rings. The Morgan fingerprint density at radius 3 is 2.15 bits per heavy atom. The normalized spacial score (nSPS) is 16.2. The second-order valence-electron chi connectivity index (χ2n) is 17.1. The van der Waals surface area contributed by atoms with Crippen molar-refractivity contribution in [1.29, 1.82) is 0 Å². The van der Waals surface area contributed by atoms with Crippen molar-refractivity contribution in [2.75, 3.05) is 39.6 Å². The van der Waals surface area contributed by atoms with Gasteiger partial charge in [0.1, 0.15) is 12.9 Å². The first-order chi connectivity index (χ1) is 31.4. The van der Waals surface area contributed by atoms with Crippen LogP contribution in [0.5, 0.6) is 0 Å². The van der Waals surface area contributed by atoms with Gasteiger partial charge in [-0.15, -0.1) is 0 Å². The first-order valence-corrected chi connectivity index (χ1v) is 23.6. The summed E-state index contributed by atoms with van der Waals surface area (Å²) in [6, 6.07) is 24.2. The average molecular weight is 906 g/mol. The molecular formula is C48H56N7O9P. The summed E-state index contributed by atoms with van der Waals surface area (Å²) in [4.78, 5) is 47.9. The fourth-order valence-electron chi connectivity index (χ4n) is 8.98. The van der Waals surface area contributed by atoms with Gasteiger partial charge in [-0.25, -0.2) is 32.7 Å². The number of nitrogens with two attached hydrogens (primary N) is 1. The number of aromatic nitrogens is 4. The number of hydrogen-bond acceptors (Lipinski definition) is 12. The molecular weight excluding hydrogens is 850 g/mol. The highest BCUT2D eigenvalue weighted by Crippen LogP contribution is 2.51. The molecule has 2 N–H and O–H groups in total. The van der Waals surface area contributed by atoms with E-state index in [9.17, 15) is 18.9 Å². The van der Waals surface area contributed by atoms with Crippen molar-refractivity contribution in [2.45, 2.75) is 84.5 Å². The standard InChI is InChI=1S/C48H56N7O9P/c1-32(2)44-40-24-38(37-19-22-52(23-20-37)26-43(49)56)17-18-42(40)55(45(44)41-25-54-46(50-30-51-54)34(4)33(41)3)48(58)60-29-39-16-11-21-53(39)47(57)61-31-64-65(59,62-27-35-12-7-5-8-13-35)63-28-36-14-9-6-10-15-36/h5-10,12-15,17-18,24-25,30,32,37,39H,11,16,19-23,26-29,31H2,1-4H3,(H2,49,56). The SMILES string of the molecule is Cc1c(-c2c(C(C)C)c3cc(C4CCN(CC(N)=O)CC4)ccc3n2C(=O)OCC2CCCN2C(=O)OCOP(=O)(OCc2ccccc2)OCc2ccccc2)cn2ncnc2c1C. The topological polar surface area (TPSA) is 182 Å². The highest BCUT2D eigenvalue weighted by atomic mass is 31.2. The summed E-state index contributed by atoms with van der Waals surface area (Å²) in [6.45, 7) is 9.53. The molecule has 0 aliphatic carbocycles. The lowest BCUT2D eigenvalue weighted by molar-refractivity contribution is -0.119. The number of aryl methyl sites for hydroxylation is 1. The van der Waals surface area contributed by atoms with E-state index in [-0.39, 0.29) is 44.1 Å². The maximum Gasteiger partial charge on any atom is 0.478 e. The minimum absolute atomic E-state index is 0.00505. The minimum Gasteiger partial charge on any atom is -0.447 e. The van der Waals surface area contributed by atoms with E-state index in [1.807, 2.05) is 86.8 Å². The van der Waals surface area contributed by atoms with Crippen LogP contribution >= 0.6 is 7.82 Å². The van der Waals surface area contributed by atoms with Gasteiger partial charge in [0.2, 0.25) is 12.7 Å². The number of phosphoric ester groups is 1. The molecule has 0 spiro atoms. The Bertz CT molecular complexity index is 2650. The third kappa shape index (κ3) is 10.3. The van der Waals surface area contributed by atoms with E-state index >= 15 is 0 Å². The van der Waals surface area contributed by atoms with Crippen molar-refractivity contribution in [1.82, 2.24) is 29.0 Å². The van der Waals surface area contributed by atoms with Crippen LogP contribution in [0.2, 0.25) is 0 Å². The molecule has 2 amide bonds. The second-order valence-corrected chi connectivity index (χ2v) is 18.7. The van der Waals surface area contributed by atoms with Gasteiger partial charge in [0.05, 0.1) is 37.0 Å².